The number of ether oxygens (including phenoxy) is 2. The maximum atomic E-state index is 12.5. The number of amides is 1. The fourth-order valence-electron chi connectivity index (χ4n) is 3.09. The summed E-state index contributed by atoms with van der Waals surface area (Å²) in [6.45, 7) is 3.68. The first kappa shape index (κ1) is 16.4. The topological polar surface area (TPSA) is 56.6 Å². The van der Waals surface area contributed by atoms with Crippen LogP contribution in [0, 0.1) is 6.92 Å². The quantitative estimate of drug-likeness (QED) is 0.859. The highest BCUT2D eigenvalue weighted by Gasteiger charge is 2.20. The molecule has 6 nitrogen and oxygen atoms in total. The number of hydrogen-bond acceptors (Lipinski definition) is 4. The summed E-state index contributed by atoms with van der Waals surface area (Å²) in [5.74, 6) is 1.58. The zero-order chi connectivity index (χ0) is 17.1. The van der Waals surface area contributed by atoms with E-state index < -0.39 is 0 Å². The Bertz CT molecular complexity index is 704. The normalized spacial score (nSPS) is 14.0. The molecule has 128 valence electrons. The second kappa shape index (κ2) is 6.95. The van der Waals surface area contributed by atoms with Gasteiger partial charge in [-0.3, -0.25) is 9.48 Å². The summed E-state index contributed by atoms with van der Waals surface area (Å²) in [5, 5.41) is 4.19. The predicted molar refractivity (Wildman–Crippen MR) is 90.5 cm³/mol. The van der Waals surface area contributed by atoms with Crippen LogP contribution in [0.2, 0.25) is 0 Å². The SMILES string of the molecule is COc1cc2c(cc1OC)CCN(C(=O)Cn1cc(C)cn1)CC2. The maximum absolute atomic E-state index is 12.5. The highest BCUT2D eigenvalue weighted by atomic mass is 16.5. The van der Waals surface area contributed by atoms with Crippen LogP contribution in [0.25, 0.3) is 0 Å². The molecule has 1 aliphatic heterocycles. The molecule has 1 aliphatic rings. The van der Waals surface area contributed by atoms with E-state index in [9.17, 15) is 4.79 Å². The van der Waals surface area contributed by atoms with Crippen LogP contribution in [-0.4, -0.2) is 47.9 Å². The number of fused-ring (bicyclic) bond motifs is 1. The van der Waals surface area contributed by atoms with Crippen LogP contribution in [0.3, 0.4) is 0 Å². The molecule has 1 aromatic heterocycles. The Morgan fingerprint density at radius 2 is 1.71 bits per heavy atom. The van der Waals surface area contributed by atoms with Crippen LogP contribution < -0.4 is 9.47 Å². The zero-order valence-corrected chi connectivity index (χ0v) is 14.4. The molecule has 0 atom stereocenters. The van der Waals surface area contributed by atoms with Gasteiger partial charge in [0.1, 0.15) is 6.54 Å². The molecule has 0 unspecified atom stereocenters. The minimum atomic E-state index is 0.102. The minimum Gasteiger partial charge on any atom is -0.493 e. The summed E-state index contributed by atoms with van der Waals surface area (Å²) in [5.41, 5.74) is 3.50. The number of carbonyl (C=O) groups excluding carboxylic acids is 1. The number of carbonyl (C=O) groups is 1. The van der Waals surface area contributed by atoms with Crippen LogP contribution in [0.1, 0.15) is 16.7 Å². The van der Waals surface area contributed by atoms with Crippen molar-refractivity contribution in [3.8, 4) is 11.5 Å². The van der Waals surface area contributed by atoms with E-state index in [2.05, 4.69) is 5.10 Å². The number of hydrogen-bond donors (Lipinski definition) is 0. The van der Waals surface area contributed by atoms with E-state index >= 15 is 0 Å². The van der Waals surface area contributed by atoms with Crippen molar-refractivity contribution in [1.29, 1.82) is 0 Å². The Labute approximate surface area is 142 Å². The molecule has 2 heterocycles. The molecule has 1 amide bonds. The Morgan fingerprint density at radius 3 is 2.17 bits per heavy atom. The standard InChI is InChI=1S/C18H23N3O3/c1-13-10-19-21(11-13)12-18(22)20-6-4-14-8-16(23-2)17(24-3)9-15(14)5-7-20/h8-11H,4-7,12H2,1-3H3. The highest BCUT2D eigenvalue weighted by molar-refractivity contribution is 5.76. The van der Waals surface area contributed by atoms with Crippen molar-refractivity contribution in [1.82, 2.24) is 14.7 Å². The zero-order valence-electron chi connectivity index (χ0n) is 14.4. The average molecular weight is 329 g/mol. The van der Waals surface area contributed by atoms with Crippen molar-refractivity contribution >= 4 is 5.91 Å². The van der Waals surface area contributed by atoms with Crippen molar-refractivity contribution < 1.29 is 14.3 Å². The van der Waals surface area contributed by atoms with Gasteiger partial charge in [-0.25, -0.2) is 0 Å². The van der Waals surface area contributed by atoms with Gasteiger partial charge < -0.3 is 14.4 Å². The fourth-order valence-corrected chi connectivity index (χ4v) is 3.09. The molecular formula is C18H23N3O3. The number of aryl methyl sites for hydroxylation is 1. The minimum absolute atomic E-state index is 0.102. The smallest absolute Gasteiger partial charge is 0.244 e. The number of nitrogens with zero attached hydrogens (tertiary/aromatic N) is 3. The third kappa shape index (κ3) is 3.37. The largest absolute Gasteiger partial charge is 0.493 e. The molecule has 0 saturated carbocycles. The summed E-state index contributed by atoms with van der Waals surface area (Å²) in [7, 11) is 3.28. The second-order valence-corrected chi connectivity index (χ2v) is 6.07. The Hall–Kier alpha value is -2.50. The van der Waals surface area contributed by atoms with Gasteiger partial charge >= 0.3 is 0 Å². The first-order chi connectivity index (χ1) is 11.6. The molecule has 3 rings (SSSR count). The fraction of sp³-hybridized carbons (Fsp3) is 0.444. The van der Waals surface area contributed by atoms with E-state index in [-0.39, 0.29) is 12.5 Å². The summed E-state index contributed by atoms with van der Waals surface area (Å²) in [6.07, 6.45) is 5.30. The van der Waals surface area contributed by atoms with Crippen LogP contribution in [0.5, 0.6) is 11.5 Å². The van der Waals surface area contributed by atoms with Crippen molar-refractivity contribution in [2.75, 3.05) is 27.3 Å². The molecule has 0 spiro atoms. The molecular weight excluding hydrogens is 306 g/mol. The van der Waals surface area contributed by atoms with Crippen molar-refractivity contribution in [3.05, 3.63) is 41.2 Å². The summed E-state index contributed by atoms with van der Waals surface area (Å²) in [4.78, 5) is 14.5. The average Bonchev–Trinajstić information content (AvgIpc) is 2.87. The van der Waals surface area contributed by atoms with E-state index in [4.69, 9.17) is 9.47 Å². The van der Waals surface area contributed by atoms with E-state index in [1.807, 2.05) is 30.2 Å². The van der Waals surface area contributed by atoms with E-state index in [1.165, 1.54) is 11.1 Å². The first-order valence-corrected chi connectivity index (χ1v) is 8.11. The van der Waals surface area contributed by atoms with E-state index in [0.717, 1.165) is 29.9 Å². The van der Waals surface area contributed by atoms with Gasteiger partial charge in [-0.15, -0.1) is 0 Å². The third-order valence-electron chi connectivity index (χ3n) is 4.42. The van der Waals surface area contributed by atoms with Gasteiger partial charge in [-0.1, -0.05) is 0 Å². The van der Waals surface area contributed by atoms with Gasteiger partial charge in [0.25, 0.3) is 0 Å². The van der Waals surface area contributed by atoms with Gasteiger partial charge in [-0.05, 0) is 48.6 Å². The lowest BCUT2D eigenvalue weighted by Gasteiger charge is -2.20. The van der Waals surface area contributed by atoms with Gasteiger partial charge in [0.2, 0.25) is 5.91 Å². The molecule has 0 aliphatic carbocycles. The van der Waals surface area contributed by atoms with Crippen LogP contribution in [0.4, 0.5) is 0 Å². The van der Waals surface area contributed by atoms with Gasteiger partial charge in [-0.2, -0.15) is 5.10 Å². The molecule has 0 bridgehead atoms. The Balaban J connectivity index is 1.71. The number of benzene rings is 1. The van der Waals surface area contributed by atoms with Crippen LogP contribution in [-0.2, 0) is 24.2 Å². The molecule has 0 saturated heterocycles. The molecule has 0 radical (unpaired) electrons. The van der Waals surface area contributed by atoms with Crippen molar-refractivity contribution in [2.45, 2.75) is 26.3 Å². The van der Waals surface area contributed by atoms with Gasteiger partial charge in [0.15, 0.2) is 11.5 Å². The van der Waals surface area contributed by atoms with Gasteiger partial charge in [0.05, 0.1) is 20.4 Å². The lowest BCUT2D eigenvalue weighted by atomic mass is 10.0. The third-order valence-corrected chi connectivity index (χ3v) is 4.42. The molecule has 1 aromatic carbocycles. The van der Waals surface area contributed by atoms with Gasteiger partial charge in [0, 0.05) is 19.3 Å². The summed E-state index contributed by atoms with van der Waals surface area (Å²) < 4.78 is 12.5. The number of aromatic nitrogens is 2. The number of methoxy groups -OCH3 is 2. The maximum Gasteiger partial charge on any atom is 0.244 e. The summed E-state index contributed by atoms with van der Waals surface area (Å²) in [6, 6.07) is 4.05. The van der Waals surface area contributed by atoms with E-state index in [1.54, 1.807) is 25.1 Å². The predicted octanol–water partition coefficient (Wildman–Crippen LogP) is 1.84. The lowest BCUT2D eigenvalue weighted by molar-refractivity contribution is -0.131. The molecule has 0 fully saturated rings. The summed E-state index contributed by atoms with van der Waals surface area (Å²) >= 11 is 0. The highest BCUT2D eigenvalue weighted by Crippen LogP contribution is 2.32. The van der Waals surface area contributed by atoms with Crippen molar-refractivity contribution in [3.63, 3.8) is 0 Å². The van der Waals surface area contributed by atoms with Crippen molar-refractivity contribution in [2.24, 2.45) is 0 Å². The molecule has 2 aromatic rings. The van der Waals surface area contributed by atoms with E-state index in [0.29, 0.717) is 13.1 Å². The molecule has 24 heavy (non-hydrogen) atoms. The van der Waals surface area contributed by atoms with Crippen LogP contribution in [0.15, 0.2) is 24.5 Å². The Kier molecular flexibility index (Phi) is 4.74. The molecule has 0 N–H and O–H groups in total. The molecule has 6 heteroatoms. The monoisotopic (exact) mass is 329 g/mol. The van der Waals surface area contributed by atoms with Crippen LogP contribution >= 0.6 is 0 Å². The first-order valence-electron chi connectivity index (χ1n) is 8.11. The second-order valence-electron chi connectivity index (χ2n) is 6.07. The Morgan fingerprint density at radius 1 is 1.12 bits per heavy atom. The number of rotatable bonds is 4. The lowest BCUT2D eigenvalue weighted by Crippen LogP contribution is -2.35.